The molecule has 4 heteroatoms. The number of H-pyrrole nitrogens is 1. The Morgan fingerprint density at radius 2 is 2.15 bits per heavy atom. The highest BCUT2D eigenvalue weighted by atomic mass is 16.2. The topological polar surface area (TPSA) is 57.8 Å². The average Bonchev–Trinajstić information content (AvgIpc) is 2.85. The van der Waals surface area contributed by atoms with Crippen molar-refractivity contribution in [1.29, 1.82) is 0 Å². The molecule has 4 nitrogen and oxygen atoms in total. The zero-order valence-corrected chi connectivity index (χ0v) is 12.1. The predicted octanol–water partition coefficient (Wildman–Crippen LogP) is 2.63. The monoisotopic (exact) mass is 273 g/mol. The molecule has 1 aromatic rings. The second-order valence-corrected chi connectivity index (χ2v) is 7.77. The molecule has 1 heterocycles. The highest BCUT2D eigenvalue weighted by molar-refractivity contribution is 5.83. The van der Waals surface area contributed by atoms with Gasteiger partial charge in [0.15, 0.2) is 0 Å². The van der Waals surface area contributed by atoms with E-state index in [1.54, 1.807) is 12.4 Å². The van der Waals surface area contributed by atoms with Crippen LogP contribution in [0.15, 0.2) is 12.4 Å². The van der Waals surface area contributed by atoms with Crippen LogP contribution in [0.25, 0.3) is 0 Å². The van der Waals surface area contributed by atoms with Gasteiger partial charge in [0, 0.05) is 12.4 Å². The van der Waals surface area contributed by atoms with E-state index in [2.05, 4.69) is 22.2 Å². The van der Waals surface area contributed by atoms with Gasteiger partial charge in [-0.15, -0.1) is 0 Å². The zero-order chi connectivity index (χ0) is 13.8. The summed E-state index contributed by atoms with van der Waals surface area (Å²) in [6.07, 6.45) is 10.9. The average molecular weight is 273 g/mol. The van der Waals surface area contributed by atoms with E-state index in [9.17, 15) is 4.79 Å². The molecule has 1 amide bonds. The minimum Gasteiger partial charge on any atom is -0.348 e. The van der Waals surface area contributed by atoms with Crippen molar-refractivity contribution in [1.82, 2.24) is 15.3 Å². The van der Waals surface area contributed by atoms with Crippen LogP contribution >= 0.6 is 0 Å². The number of carbonyl (C=O) groups excluding carboxylic acids is 1. The third-order valence-electron chi connectivity index (χ3n) is 5.81. The highest BCUT2D eigenvalue weighted by Gasteiger charge is 2.58. The summed E-state index contributed by atoms with van der Waals surface area (Å²) in [7, 11) is 0. The third-order valence-corrected chi connectivity index (χ3v) is 5.81. The van der Waals surface area contributed by atoms with Crippen LogP contribution in [0.5, 0.6) is 0 Å². The molecule has 0 radical (unpaired) electrons. The first kappa shape index (κ1) is 12.4. The van der Waals surface area contributed by atoms with Crippen LogP contribution in [0.2, 0.25) is 0 Å². The fraction of sp³-hybridized carbons (Fsp3) is 0.750. The zero-order valence-electron chi connectivity index (χ0n) is 12.1. The fourth-order valence-electron chi connectivity index (χ4n) is 5.73. The van der Waals surface area contributed by atoms with Crippen molar-refractivity contribution in [3.63, 3.8) is 0 Å². The Bertz CT molecular complexity index is 508. The highest BCUT2D eigenvalue weighted by Crippen LogP contribution is 2.65. The third kappa shape index (κ3) is 1.88. The molecule has 0 saturated heterocycles. The number of nitrogens with one attached hydrogen (secondary N) is 2. The van der Waals surface area contributed by atoms with E-state index in [-0.39, 0.29) is 11.3 Å². The van der Waals surface area contributed by atoms with Crippen LogP contribution in [-0.2, 0) is 11.3 Å². The number of carbonyl (C=O) groups is 1. The van der Waals surface area contributed by atoms with Crippen molar-refractivity contribution < 1.29 is 4.79 Å². The van der Waals surface area contributed by atoms with Gasteiger partial charge in [-0.3, -0.25) is 4.79 Å². The van der Waals surface area contributed by atoms with Gasteiger partial charge in [-0.1, -0.05) is 6.92 Å². The smallest absolute Gasteiger partial charge is 0.226 e. The Morgan fingerprint density at radius 1 is 1.40 bits per heavy atom. The fourth-order valence-corrected chi connectivity index (χ4v) is 5.73. The van der Waals surface area contributed by atoms with Crippen molar-refractivity contribution in [3.05, 3.63) is 18.2 Å². The van der Waals surface area contributed by atoms with Gasteiger partial charge in [-0.05, 0) is 55.8 Å². The van der Waals surface area contributed by atoms with Gasteiger partial charge in [0.2, 0.25) is 5.91 Å². The van der Waals surface area contributed by atoms with E-state index < -0.39 is 0 Å². The first-order valence-electron chi connectivity index (χ1n) is 7.84. The van der Waals surface area contributed by atoms with E-state index in [1.165, 1.54) is 19.3 Å². The summed E-state index contributed by atoms with van der Waals surface area (Å²) in [6, 6.07) is 0. The van der Waals surface area contributed by atoms with E-state index in [1.807, 2.05) is 0 Å². The SMILES string of the molecule is CC12CC3CC(C1)CC(C(=O)NCc1ncc[nH]1)(C3)C2. The molecule has 20 heavy (non-hydrogen) atoms. The molecule has 0 spiro atoms. The first-order chi connectivity index (χ1) is 9.57. The maximum atomic E-state index is 12.8. The lowest BCUT2D eigenvalue weighted by Gasteiger charge is -2.60. The summed E-state index contributed by atoms with van der Waals surface area (Å²) >= 11 is 0. The number of hydrogen-bond donors (Lipinski definition) is 2. The lowest BCUT2D eigenvalue weighted by molar-refractivity contribution is -0.155. The number of imidazole rings is 1. The van der Waals surface area contributed by atoms with E-state index in [0.29, 0.717) is 12.0 Å². The van der Waals surface area contributed by atoms with Gasteiger partial charge in [0.25, 0.3) is 0 Å². The summed E-state index contributed by atoms with van der Waals surface area (Å²) in [5, 5.41) is 3.13. The summed E-state index contributed by atoms with van der Waals surface area (Å²) in [5.41, 5.74) is 0.345. The number of aromatic nitrogens is 2. The molecule has 2 atom stereocenters. The largest absolute Gasteiger partial charge is 0.348 e. The molecule has 4 fully saturated rings. The summed E-state index contributed by atoms with van der Waals surface area (Å²) in [5.74, 6) is 2.69. The molecular formula is C16H23N3O. The number of aromatic amines is 1. The van der Waals surface area contributed by atoms with Crippen molar-refractivity contribution in [2.24, 2.45) is 22.7 Å². The van der Waals surface area contributed by atoms with Gasteiger partial charge in [-0.2, -0.15) is 0 Å². The van der Waals surface area contributed by atoms with Crippen LogP contribution in [0.3, 0.4) is 0 Å². The minimum atomic E-state index is -0.0780. The molecule has 2 N–H and O–H groups in total. The van der Waals surface area contributed by atoms with Gasteiger partial charge in [-0.25, -0.2) is 4.98 Å². The van der Waals surface area contributed by atoms with Crippen molar-refractivity contribution >= 4 is 5.91 Å². The molecule has 0 aromatic carbocycles. The van der Waals surface area contributed by atoms with Gasteiger partial charge in [0.1, 0.15) is 5.82 Å². The van der Waals surface area contributed by atoms with E-state index in [0.717, 1.165) is 36.9 Å². The molecule has 4 bridgehead atoms. The van der Waals surface area contributed by atoms with Crippen molar-refractivity contribution in [2.45, 2.75) is 52.0 Å². The van der Waals surface area contributed by atoms with Gasteiger partial charge >= 0.3 is 0 Å². The Labute approximate surface area is 119 Å². The number of rotatable bonds is 3. The van der Waals surface area contributed by atoms with Crippen molar-refractivity contribution in [2.75, 3.05) is 0 Å². The Kier molecular flexibility index (Phi) is 2.54. The molecule has 1 aromatic heterocycles. The summed E-state index contributed by atoms with van der Waals surface area (Å²) < 4.78 is 0. The van der Waals surface area contributed by atoms with E-state index >= 15 is 0 Å². The Balaban J connectivity index is 1.51. The minimum absolute atomic E-state index is 0.0780. The molecule has 4 aliphatic rings. The quantitative estimate of drug-likeness (QED) is 0.889. The summed E-state index contributed by atoms with van der Waals surface area (Å²) in [4.78, 5) is 20.0. The summed E-state index contributed by atoms with van der Waals surface area (Å²) in [6.45, 7) is 2.93. The predicted molar refractivity (Wildman–Crippen MR) is 75.7 cm³/mol. The second-order valence-electron chi connectivity index (χ2n) is 7.77. The van der Waals surface area contributed by atoms with Crippen LogP contribution in [-0.4, -0.2) is 15.9 Å². The Morgan fingerprint density at radius 3 is 2.75 bits per heavy atom. The van der Waals surface area contributed by atoms with Crippen molar-refractivity contribution in [3.8, 4) is 0 Å². The first-order valence-corrected chi connectivity index (χ1v) is 7.84. The van der Waals surface area contributed by atoms with Crippen LogP contribution in [0.1, 0.15) is 51.3 Å². The normalized spacial score (nSPS) is 41.9. The molecule has 4 saturated carbocycles. The molecule has 4 aliphatic carbocycles. The Hall–Kier alpha value is -1.32. The molecule has 2 unspecified atom stereocenters. The molecule has 0 aliphatic heterocycles. The second kappa shape index (κ2) is 4.09. The number of nitrogens with zero attached hydrogens (tertiary/aromatic N) is 1. The molecular weight excluding hydrogens is 250 g/mol. The number of hydrogen-bond acceptors (Lipinski definition) is 2. The van der Waals surface area contributed by atoms with E-state index in [4.69, 9.17) is 0 Å². The van der Waals surface area contributed by atoms with Crippen LogP contribution in [0.4, 0.5) is 0 Å². The maximum Gasteiger partial charge on any atom is 0.226 e. The van der Waals surface area contributed by atoms with Gasteiger partial charge in [0.05, 0.1) is 12.0 Å². The van der Waals surface area contributed by atoms with Gasteiger partial charge < -0.3 is 10.3 Å². The standard InChI is InChI=1S/C16H23N3O/c1-15-5-11-4-12(6-15)8-16(7-11,10-15)14(20)19-9-13-17-2-3-18-13/h2-3,11-12H,4-10H2,1H3,(H,17,18)(H,19,20). The number of amides is 1. The molecule has 5 rings (SSSR count). The van der Waals surface area contributed by atoms with Crippen LogP contribution < -0.4 is 5.32 Å². The maximum absolute atomic E-state index is 12.8. The lowest BCUT2D eigenvalue weighted by Crippen LogP contribution is -2.56. The van der Waals surface area contributed by atoms with Crippen LogP contribution in [0, 0.1) is 22.7 Å². The molecule has 108 valence electrons. The lowest BCUT2D eigenvalue weighted by atomic mass is 9.44.